The molecule has 1 aromatic rings. The van der Waals surface area contributed by atoms with E-state index in [4.69, 9.17) is 17.4 Å². The predicted molar refractivity (Wildman–Crippen MR) is 61.4 cm³/mol. The second-order valence-corrected chi connectivity index (χ2v) is 4.56. The van der Waals surface area contributed by atoms with E-state index in [9.17, 15) is 0 Å². The van der Waals surface area contributed by atoms with E-state index < -0.39 is 0 Å². The first kappa shape index (κ1) is 10.9. The number of aromatic nitrogens is 1. The minimum atomic E-state index is 0.587. The zero-order valence-corrected chi connectivity index (χ0v) is 9.45. The summed E-state index contributed by atoms with van der Waals surface area (Å²) in [6.45, 7) is 2.01. The molecule has 0 aromatic carbocycles. The molecular formula is C11H16ClN3. The first-order chi connectivity index (χ1) is 7.24. The van der Waals surface area contributed by atoms with Gasteiger partial charge in [0, 0.05) is 19.3 Å². The molecule has 0 atom stereocenters. The van der Waals surface area contributed by atoms with Crippen LogP contribution in [0.2, 0.25) is 5.15 Å². The Labute approximate surface area is 95.2 Å². The Bertz CT molecular complexity index is 321. The molecule has 0 unspecified atom stereocenters. The van der Waals surface area contributed by atoms with Gasteiger partial charge in [0.15, 0.2) is 0 Å². The molecule has 1 aliphatic heterocycles. The van der Waals surface area contributed by atoms with Gasteiger partial charge in [-0.15, -0.1) is 0 Å². The van der Waals surface area contributed by atoms with Crippen LogP contribution in [-0.4, -0.2) is 23.1 Å². The standard InChI is InChI=1S/C11H16ClN3/c12-11-8-10(1-4-14-11)7-9-2-5-15(13)6-3-9/h1,4,8-9H,2-3,5-7,13H2. The number of halogens is 1. The lowest BCUT2D eigenvalue weighted by atomic mass is 9.91. The summed E-state index contributed by atoms with van der Waals surface area (Å²) in [5.74, 6) is 6.46. The van der Waals surface area contributed by atoms with Crippen molar-refractivity contribution in [2.45, 2.75) is 19.3 Å². The first-order valence-corrected chi connectivity index (χ1v) is 5.72. The Morgan fingerprint density at radius 1 is 1.47 bits per heavy atom. The molecule has 0 aliphatic carbocycles. The van der Waals surface area contributed by atoms with Gasteiger partial charge in [-0.2, -0.15) is 0 Å². The number of hydrazine groups is 1. The van der Waals surface area contributed by atoms with Crippen molar-refractivity contribution in [3.05, 3.63) is 29.0 Å². The lowest BCUT2D eigenvalue weighted by molar-refractivity contribution is 0.187. The Balaban J connectivity index is 1.92. The van der Waals surface area contributed by atoms with E-state index in [0.717, 1.165) is 25.4 Å². The number of rotatable bonds is 2. The van der Waals surface area contributed by atoms with Gasteiger partial charge in [0.2, 0.25) is 0 Å². The van der Waals surface area contributed by atoms with Gasteiger partial charge in [-0.25, -0.2) is 9.99 Å². The third-order valence-electron chi connectivity index (χ3n) is 2.96. The van der Waals surface area contributed by atoms with Crippen LogP contribution >= 0.6 is 11.6 Å². The SMILES string of the molecule is NN1CCC(Cc2ccnc(Cl)c2)CC1. The fourth-order valence-corrected chi connectivity index (χ4v) is 2.26. The Kier molecular flexibility index (Phi) is 3.57. The molecule has 15 heavy (non-hydrogen) atoms. The lowest BCUT2D eigenvalue weighted by Gasteiger charge is -2.28. The van der Waals surface area contributed by atoms with Crippen molar-refractivity contribution in [2.75, 3.05) is 13.1 Å². The van der Waals surface area contributed by atoms with Crippen molar-refractivity contribution in [3.63, 3.8) is 0 Å². The maximum atomic E-state index is 5.85. The fourth-order valence-electron chi connectivity index (χ4n) is 2.06. The molecule has 1 saturated heterocycles. The third kappa shape index (κ3) is 3.16. The van der Waals surface area contributed by atoms with Gasteiger partial charge in [0.25, 0.3) is 0 Å². The molecule has 2 N–H and O–H groups in total. The molecule has 82 valence electrons. The third-order valence-corrected chi connectivity index (χ3v) is 3.17. The van der Waals surface area contributed by atoms with Gasteiger partial charge in [-0.05, 0) is 42.9 Å². The Morgan fingerprint density at radius 2 is 2.20 bits per heavy atom. The van der Waals surface area contributed by atoms with Crippen LogP contribution in [0, 0.1) is 5.92 Å². The van der Waals surface area contributed by atoms with Gasteiger partial charge in [0.05, 0.1) is 0 Å². The molecule has 0 radical (unpaired) electrons. The van der Waals surface area contributed by atoms with Crippen molar-refractivity contribution >= 4 is 11.6 Å². The predicted octanol–water partition coefficient (Wildman–Crippen LogP) is 1.86. The molecule has 0 spiro atoms. The number of nitrogens with zero attached hydrogens (tertiary/aromatic N) is 2. The maximum Gasteiger partial charge on any atom is 0.129 e. The molecule has 2 rings (SSSR count). The number of nitrogens with two attached hydrogens (primary N) is 1. The molecule has 0 amide bonds. The summed E-state index contributed by atoms with van der Waals surface area (Å²) in [6.07, 6.45) is 5.22. The van der Waals surface area contributed by atoms with Crippen molar-refractivity contribution < 1.29 is 0 Å². The van der Waals surface area contributed by atoms with E-state index in [0.29, 0.717) is 5.15 Å². The Hall–Kier alpha value is -0.640. The van der Waals surface area contributed by atoms with Gasteiger partial charge in [-0.1, -0.05) is 11.6 Å². The highest BCUT2D eigenvalue weighted by molar-refractivity contribution is 6.29. The molecule has 3 nitrogen and oxygen atoms in total. The molecule has 1 aliphatic rings. The van der Waals surface area contributed by atoms with E-state index in [1.807, 2.05) is 17.1 Å². The van der Waals surface area contributed by atoms with Crippen LogP contribution in [0.25, 0.3) is 0 Å². The normalized spacial score (nSPS) is 19.3. The molecule has 1 aromatic heterocycles. The summed E-state index contributed by atoms with van der Waals surface area (Å²) in [5, 5.41) is 2.49. The van der Waals surface area contributed by atoms with Gasteiger partial charge < -0.3 is 0 Å². The van der Waals surface area contributed by atoms with E-state index in [2.05, 4.69) is 4.98 Å². The van der Waals surface area contributed by atoms with E-state index in [-0.39, 0.29) is 0 Å². The molecule has 0 bridgehead atoms. The molecule has 0 saturated carbocycles. The average Bonchev–Trinajstić information content (AvgIpc) is 2.22. The molecule has 2 heterocycles. The Morgan fingerprint density at radius 3 is 2.87 bits per heavy atom. The molecular weight excluding hydrogens is 210 g/mol. The largest absolute Gasteiger partial charge is 0.269 e. The van der Waals surface area contributed by atoms with Crippen molar-refractivity contribution in [1.29, 1.82) is 0 Å². The second-order valence-electron chi connectivity index (χ2n) is 4.17. The monoisotopic (exact) mass is 225 g/mol. The minimum Gasteiger partial charge on any atom is -0.269 e. The molecule has 1 fully saturated rings. The van der Waals surface area contributed by atoms with Crippen LogP contribution in [0.15, 0.2) is 18.3 Å². The topological polar surface area (TPSA) is 42.1 Å². The smallest absolute Gasteiger partial charge is 0.129 e. The summed E-state index contributed by atoms with van der Waals surface area (Å²) in [6, 6.07) is 4.00. The van der Waals surface area contributed by atoms with E-state index in [1.54, 1.807) is 6.20 Å². The summed E-state index contributed by atoms with van der Waals surface area (Å²) in [4.78, 5) is 3.98. The zero-order chi connectivity index (χ0) is 10.7. The summed E-state index contributed by atoms with van der Waals surface area (Å²) in [5.41, 5.74) is 1.28. The van der Waals surface area contributed by atoms with Crippen LogP contribution in [0.5, 0.6) is 0 Å². The first-order valence-electron chi connectivity index (χ1n) is 5.34. The fraction of sp³-hybridized carbons (Fsp3) is 0.545. The van der Waals surface area contributed by atoms with Gasteiger partial charge in [-0.3, -0.25) is 5.84 Å². The molecule has 4 heteroatoms. The summed E-state index contributed by atoms with van der Waals surface area (Å²) < 4.78 is 0. The number of hydrogen-bond acceptors (Lipinski definition) is 3. The van der Waals surface area contributed by atoms with Crippen LogP contribution < -0.4 is 5.84 Å². The van der Waals surface area contributed by atoms with E-state index in [1.165, 1.54) is 18.4 Å². The van der Waals surface area contributed by atoms with Crippen molar-refractivity contribution in [2.24, 2.45) is 11.8 Å². The van der Waals surface area contributed by atoms with Crippen LogP contribution in [0.4, 0.5) is 0 Å². The number of pyridine rings is 1. The van der Waals surface area contributed by atoms with Crippen LogP contribution in [-0.2, 0) is 6.42 Å². The van der Waals surface area contributed by atoms with Crippen LogP contribution in [0.3, 0.4) is 0 Å². The summed E-state index contributed by atoms with van der Waals surface area (Å²) in [7, 11) is 0. The maximum absolute atomic E-state index is 5.85. The minimum absolute atomic E-state index is 0.587. The average molecular weight is 226 g/mol. The zero-order valence-electron chi connectivity index (χ0n) is 8.69. The summed E-state index contributed by atoms with van der Waals surface area (Å²) >= 11 is 5.85. The number of hydrogen-bond donors (Lipinski definition) is 1. The van der Waals surface area contributed by atoms with Crippen LogP contribution in [0.1, 0.15) is 18.4 Å². The highest BCUT2D eigenvalue weighted by atomic mass is 35.5. The van der Waals surface area contributed by atoms with Crippen molar-refractivity contribution in [3.8, 4) is 0 Å². The van der Waals surface area contributed by atoms with Crippen molar-refractivity contribution in [1.82, 2.24) is 9.99 Å². The lowest BCUT2D eigenvalue weighted by Crippen LogP contribution is -2.39. The highest BCUT2D eigenvalue weighted by Gasteiger charge is 2.17. The quantitative estimate of drug-likeness (QED) is 0.617. The number of piperidine rings is 1. The second kappa shape index (κ2) is 4.92. The van der Waals surface area contributed by atoms with E-state index >= 15 is 0 Å². The van der Waals surface area contributed by atoms with Gasteiger partial charge in [0.1, 0.15) is 5.15 Å². The van der Waals surface area contributed by atoms with Gasteiger partial charge >= 0.3 is 0 Å². The highest BCUT2D eigenvalue weighted by Crippen LogP contribution is 2.20.